The fourth-order valence-electron chi connectivity index (χ4n) is 2.68. The van der Waals surface area contributed by atoms with Crippen molar-refractivity contribution in [2.24, 2.45) is 5.92 Å². The fourth-order valence-corrected chi connectivity index (χ4v) is 3.27. The van der Waals surface area contributed by atoms with Gasteiger partial charge in [-0.1, -0.05) is 0 Å². The molecule has 1 aromatic heterocycles. The van der Waals surface area contributed by atoms with E-state index in [1.165, 1.54) is 6.42 Å². The molecule has 2 fully saturated rings. The highest BCUT2D eigenvalue weighted by molar-refractivity contribution is 6.50. The Balaban J connectivity index is 1.56. The van der Waals surface area contributed by atoms with Crippen LogP contribution in [0.1, 0.15) is 37.5 Å². The molecule has 2 atom stereocenters. The lowest BCUT2D eigenvalue weighted by atomic mass is 10.2. The average Bonchev–Trinajstić information content (AvgIpc) is 2.80. The molecule has 3 rings (SSSR count). The Morgan fingerprint density at radius 2 is 2.35 bits per heavy atom. The number of hydrogen-bond acceptors (Lipinski definition) is 3. The summed E-state index contributed by atoms with van der Waals surface area (Å²) in [4.78, 5) is 6.72. The predicted molar refractivity (Wildman–Crippen MR) is 67.1 cm³/mol. The van der Waals surface area contributed by atoms with Gasteiger partial charge in [0.2, 0.25) is 0 Å². The third-order valence-electron chi connectivity index (χ3n) is 3.83. The number of nitrogens with zero attached hydrogens (tertiary/aromatic N) is 3. The molecule has 6 heteroatoms. The van der Waals surface area contributed by atoms with E-state index in [4.69, 9.17) is 23.2 Å². The molecule has 1 unspecified atom stereocenters. The van der Waals surface area contributed by atoms with Gasteiger partial charge >= 0.3 is 0 Å². The first-order valence-electron chi connectivity index (χ1n) is 6.14. The normalized spacial score (nSPS) is 31.9. The lowest BCUT2D eigenvalue weighted by Gasteiger charge is -2.22. The van der Waals surface area contributed by atoms with Crippen molar-refractivity contribution in [3.63, 3.8) is 0 Å². The zero-order valence-electron chi connectivity index (χ0n) is 9.57. The SMILES string of the molecule is ClC1(Cl)CC1CCN1CCC[C@@H]1c1ncn[nH]1. The van der Waals surface area contributed by atoms with Crippen molar-refractivity contribution in [2.75, 3.05) is 13.1 Å². The van der Waals surface area contributed by atoms with Gasteiger partial charge < -0.3 is 0 Å². The van der Waals surface area contributed by atoms with Crippen molar-refractivity contribution in [1.29, 1.82) is 0 Å². The van der Waals surface area contributed by atoms with E-state index in [2.05, 4.69) is 20.1 Å². The first-order valence-corrected chi connectivity index (χ1v) is 6.89. The van der Waals surface area contributed by atoms with Crippen molar-refractivity contribution in [2.45, 2.75) is 36.1 Å². The van der Waals surface area contributed by atoms with Crippen LogP contribution < -0.4 is 0 Å². The minimum absolute atomic E-state index is 0.399. The predicted octanol–water partition coefficient (Wildman–Crippen LogP) is 2.53. The number of alkyl halides is 2. The van der Waals surface area contributed by atoms with Crippen LogP contribution in [-0.2, 0) is 0 Å². The van der Waals surface area contributed by atoms with E-state index in [1.54, 1.807) is 6.33 Å². The van der Waals surface area contributed by atoms with E-state index in [0.717, 1.165) is 38.2 Å². The summed E-state index contributed by atoms with van der Waals surface area (Å²) in [6, 6.07) is 0.399. The number of aromatic nitrogens is 3. The molecule has 1 aromatic rings. The van der Waals surface area contributed by atoms with Crippen LogP contribution in [0.5, 0.6) is 0 Å². The van der Waals surface area contributed by atoms with Gasteiger partial charge in [-0.3, -0.25) is 10.00 Å². The van der Waals surface area contributed by atoms with Crippen LogP contribution in [0.3, 0.4) is 0 Å². The van der Waals surface area contributed by atoms with Crippen LogP contribution in [0.2, 0.25) is 0 Å². The summed E-state index contributed by atoms with van der Waals surface area (Å²) in [6.07, 6.45) is 5.99. The minimum Gasteiger partial charge on any atom is -0.293 e. The van der Waals surface area contributed by atoms with E-state index in [1.807, 2.05) is 0 Å². The third-order valence-corrected chi connectivity index (χ3v) is 4.76. The first kappa shape index (κ1) is 11.8. The second-order valence-electron chi connectivity index (χ2n) is 5.02. The molecule has 2 aliphatic rings. The molecule has 1 N–H and O–H groups in total. The van der Waals surface area contributed by atoms with E-state index in [-0.39, 0.29) is 0 Å². The molecule has 1 saturated carbocycles. The summed E-state index contributed by atoms with van der Waals surface area (Å²) in [5, 5.41) is 6.90. The van der Waals surface area contributed by atoms with Crippen molar-refractivity contribution < 1.29 is 0 Å². The molecule has 94 valence electrons. The van der Waals surface area contributed by atoms with Gasteiger partial charge in [0, 0.05) is 0 Å². The Kier molecular flexibility index (Phi) is 3.05. The molecule has 0 radical (unpaired) electrons. The number of hydrogen-bond donors (Lipinski definition) is 1. The molecular formula is C11H16Cl2N4. The molecule has 0 amide bonds. The number of H-pyrrole nitrogens is 1. The van der Waals surface area contributed by atoms with Crippen molar-refractivity contribution in [3.8, 4) is 0 Å². The van der Waals surface area contributed by atoms with Crippen molar-refractivity contribution >= 4 is 23.2 Å². The molecule has 1 aliphatic carbocycles. The summed E-state index contributed by atoms with van der Waals surface area (Å²) in [5.74, 6) is 1.46. The van der Waals surface area contributed by atoms with Gasteiger partial charge in [-0.05, 0) is 44.7 Å². The molecule has 2 heterocycles. The second kappa shape index (κ2) is 4.41. The number of rotatable bonds is 4. The highest BCUT2D eigenvalue weighted by atomic mass is 35.5. The maximum Gasteiger partial charge on any atom is 0.141 e. The van der Waals surface area contributed by atoms with Gasteiger partial charge in [-0.15, -0.1) is 23.2 Å². The summed E-state index contributed by atoms with van der Waals surface area (Å²) < 4.78 is -0.443. The van der Waals surface area contributed by atoms with E-state index < -0.39 is 4.33 Å². The maximum atomic E-state index is 6.05. The molecule has 0 bridgehead atoms. The summed E-state index contributed by atoms with van der Waals surface area (Å²) in [5.41, 5.74) is 0. The van der Waals surface area contributed by atoms with Gasteiger partial charge in [0.05, 0.1) is 6.04 Å². The molecule has 1 saturated heterocycles. The second-order valence-corrected chi connectivity index (χ2v) is 6.56. The van der Waals surface area contributed by atoms with Crippen LogP contribution >= 0.6 is 23.2 Å². The number of nitrogens with one attached hydrogen (secondary N) is 1. The highest BCUT2D eigenvalue weighted by Gasteiger charge is 2.51. The van der Waals surface area contributed by atoms with Crippen molar-refractivity contribution in [3.05, 3.63) is 12.2 Å². The Morgan fingerprint density at radius 1 is 1.53 bits per heavy atom. The standard InChI is InChI=1S/C11H16Cl2N4/c12-11(13)6-8(11)3-5-17-4-1-2-9(17)10-14-7-15-16-10/h7-9H,1-6H2,(H,14,15,16)/t8?,9-/m1/s1. The third kappa shape index (κ3) is 2.44. The fraction of sp³-hybridized carbons (Fsp3) is 0.818. The summed E-state index contributed by atoms with van der Waals surface area (Å²) in [7, 11) is 0. The van der Waals surface area contributed by atoms with Crippen LogP contribution in [0, 0.1) is 5.92 Å². The van der Waals surface area contributed by atoms with Crippen LogP contribution in [-0.4, -0.2) is 37.5 Å². The van der Waals surface area contributed by atoms with Crippen LogP contribution in [0.4, 0.5) is 0 Å². The number of likely N-dealkylation sites (tertiary alicyclic amines) is 1. The van der Waals surface area contributed by atoms with Crippen molar-refractivity contribution in [1.82, 2.24) is 20.1 Å². The largest absolute Gasteiger partial charge is 0.293 e. The number of aromatic amines is 1. The zero-order chi connectivity index (χ0) is 11.9. The van der Waals surface area contributed by atoms with Crippen LogP contribution in [0.25, 0.3) is 0 Å². The smallest absolute Gasteiger partial charge is 0.141 e. The molecule has 0 spiro atoms. The Morgan fingerprint density at radius 3 is 3.00 bits per heavy atom. The quantitative estimate of drug-likeness (QED) is 0.859. The average molecular weight is 275 g/mol. The molecule has 4 nitrogen and oxygen atoms in total. The van der Waals surface area contributed by atoms with E-state index >= 15 is 0 Å². The molecular weight excluding hydrogens is 259 g/mol. The molecule has 1 aliphatic heterocycles. The maximum absolute atomic E-state index is 6.05. The Labute approximate surface area is 111 Å². The molecule has 17 heavy (non-hydrogen) atoms. The highest BCUT2D eigenvalue weighted by Crippen LogP contribution is 2.55. The lowest BCUT2D eigenvalue weighted by Crippen LogP contribution is -2.25. The van der Waals surface area contributed by atoms with E-state index in [9.17, 15) is 0 Å². The lowest BCUT2D eigenvalue weighted by molar-refractivity contribution is 0.241. The minimum atomic E-state index is -0.443. The van der Waals surface area contributed by atoms with Crippen LogP contribution in [0.15, 0.2) is 6.33 Å². The number of halogens is 2. The molecule has 0 aromatic carbocycles. The topological polar surface area (TPSA) is 44.8 Å². The van der Waals surface area contributed by atoms with Gasteiger partial charge in [-0.25, -0.2) is 4.98 Å². The Hall–Kier alpha value is -0.320. The summed E-state index contributed by atoms with van der Waals surface area (Å²) in [6.45, 7) is 2.19. The van der Waals surface area contributed by atoms with Gasteiger partial charge in [0.25, 0.3) is 0 Å². The van der Waals surface area contributed by atoms with E-state index in [0.29, 0.717) is 12.0 Å². The van der Waals surface area contributed by atoms with Gasteiger partial charge in [0.1, 0.15) is 16.5 Å². The Bertz CT molecular complexity index is 379. The van der Waals surface area contributed by atoms with Gasteiger partial charge in [-0.2, -0.15) is 5.10 Å². The monoisotopic (exact) mass is 274 g/mol. The zero-order valence-corrected chi connectivity index (χ0v) is 11.1. The first-order chi connectivity index (χ1) is 8.17. The van der Waals surface area contributed by atoms with Gasteiger partial charge in [0.15, 0.2) is 0 Å². The summed E-state index contributed by atoms with van der Waals surface area (Å²) >= 11 is 12.1.